The first-order valence-corrected chi connectivity index (χ1v) is 13.6. The van der Waals surface area contributed by atoms with Gasteiger partial charge in [-0.3, -0.25) is 0 Å². The van der Waals surface area contributed by atoms with Crippen LogP contribution < -0.4 is 4.18 Å². The molecule has 0 aliphatic carbocycles. The van der Waals surface area contributed by atoms with Crippen molar-refractivity contribution in [1.29, 1.82) is 0 Å². The lowest BCUT2D eigenvalue weighted by molar-refractivity contribution is 0.0926. The zero-order chi connectivity index (χ0) is 22.8. The van der Waals surface area contributed by atoms with E-state index in [1.165, 1.54) is 16.4 Å². The molecule has 1 aliphatic heterocycles. The Morgan fingerprint density at radius 2 is 1.69 bits per heavy atom. The van der Waals surface area contributed by atoms with E-state index in [1.54, 1.807) is 24.3 Å². The van der Waals surface area contributed by atoms with Gasteiger partial charge in [-0.15, -0.1) is 0 Å². The van der Waals surface area contributed by atoms with Gasteiger partial charge in [0, 0.05) is 25.1 Å². The molecule has 0 saturated carbocycles. The van der Waals surface area contributed by atoms with Crippen molar-refractivity contribution >= 4 is 30.9 Å². The summed E-state index contributed by atoms with van der Waals surface area (Å²) in [6.07, 6.45) is 2.53. The molecule has 3 aromatic rings. The van der Waals surface area contributed by atoms with E-state index in [-0.39, 0.29) is 29.8 Å². The predicted molar refractivity (Wildman–Crippen MR) is 122 cm³/mol. The maximum absolute atomic E-state index is 13.8. The fourth-order valence-corrected chi connectivity index (χ4v) is 5.99. The summed E-state index contributed by atoms with van der Waals surface area (Å²) < 4.78 is 62.2. The minimum Gasteiger partial charge on any atom is -0.383 e. The molecule has 9 heteroatoms. The molecule has 7 nitrogen and oxygen atoms in total. The number of hydrogen-bond donors (Lipinski definition) is 0. The van der Waals surface area contributed by atoms with Crippen LogP contribution in [-0.4, -0.2) is 46.7 Å². The standard InChI is InChI=1S/C23H25NO6S2/c1-31(25,26)30-20-13-11-18(12-14-20)16-24(17-21-8-5-15-29-21)32(27,28)23-10-4-7-19-6-2-3-9-22(19)23/h2-4,6-7,9-14,21H,5,8,15-17H2,1H3. The van der Waals surface area contributed by atoms with Crippen LogP contribution in [0.25, 0.3) is 10.8 Å². The Hall–Kier alpha value is -2.46. The van der Waals surface area contributed by atoms with E-state index in [0.717, 1.165) is 24.5 Å². The van der Waals surface area contributed by atoms with Gasteiger partial charge in [0.05, 0.1) is 17.3 Å². The largest absolute Gasteiger partial charge is 0.383 e. The van der Waals surface area contributed by atoms with E-state index >= 15 is 0 Å². The minimum atomic E-state index is -3.83. The zero-order valence-corrected chi connectivity index (χ0v) is 19.3. The average molecular weight is 476 g/mol. The highest BCUT2D eigenvalue weighted by atomic mass is 32.2. The van der Waals surface area contributed by atoms with Crippen molar-refractivity contribution in [2.45, 2.75) is 30.4 Å². The summed E-state index contributed by atoms with van der Waals surface area (Å²) >= 11 is 0. The summed E-state index contributed by atoms with van der Waals surface area (Å²) in [5.74, 6) is 0.179. The van der Waals surface area contributed by atoms with Crippen LogP contribution in [0.2, 0.25) is 0 Å². The lowest BCUT2D eigenvalue weighted by Gasteiger charge is -2.25. The van der Waals surface area contributed by atoms with Gasteiger partial charge in [-0.05, 0) is 42.0 Å². The number of fused-ring (bicyclic) bond motifs is 1. The van der Waals surface area contributed by atoms with E-state index in [4.69, 9.17) is 8.92 Å². The lowest BCUT2D eigenvalue weighted by atomic mass is 10.1. The average Bonchev–Trinajstić information content (AvgIpc) is 3.26. The highest BCUT2D eigenvalue weighted by molar-refractivity contribution is 7.89. The fraction of sp³-hybridized carbons (Fsp3) is 0.304. The van der Waals surface area contributed by atoms with Crippen LogP contribution in [0.5, 0.6) is 5.75 Å². The molecule has 1 heterocycles. The SMILES string of the molecule is CS(=O)(=O)Oc1ccc(CN(CC2CCCO2)S(=O)(=O)c2cccc3ccccc23)cc1. The molecule has 1 fully saturated rings. The summed E-state index contributed by atoms with van der Waals surface area (Å²) in [4.78, 5) is 0.255. The molecule has 1 aliphatic rings. The second kappa shape index (κ2) is 9.19. The molecule has 1 unspecified atom stereocenters. The number of rotatable bonds is 8. The first-order chi connectivity index (χ1) is 15.2. The van der Waals surface area contributed by atoms with E-state index in [9.17, 15) is 16.8 Å². The first kappa shape index (κ1) is 22.7. The summed E-state index contributed by atoms with van der Waals surface area (Å²) in [5.41, 5.74) is 0.715. The summed E-state index contributed by atoms with van der Waals surface area (Å²) in [6, 6.07) is 19.0. The second-order valence-corrected chi connectivity index (χ2v) is 11.3. The second-order valence-electron chi connectivity index (χ2n) is 7.84. The third kappa shape index (κ3) is 5.29. The molecule has 32 heavy (non-hydrogen) atoms. The van der Waals surface area contributed by atoms with Crippen LogP contribution in [0.4, 0.5) is 0 Å². The van der Waals surface area contributed by atoms with Gasteiger partial charge in [0.15, 0.2) is 0 Å². The van der Waals surface area contributed by atoms with Gasteiger partial charge in [0.1, 0.15) is 5.75 Å². The topological polar surface area (TPSA) is 90.0 Å². The van der Waals surface area contributed by atoms with Crippen molar-refractivity contribution in [1.82, 2.24) is 4.31 Å². The Bertz CT molecular complexity index is 1290. The Morgan fingerprint density at radius 1 is 0.969 bits per heavy atom. The highest BCUT2D eigenvalue weighted by Gasteiger charge is 2.30. The van der Waals surface area contributed by atoms with Crippen molar-refractivity contribution < 1.29 is 25.8 Å². The van der Waals surface area contributed by atoms with Gasteiger partial charge < -0.3 is 8.92 Å². The van der Waals surface area contributed by atoms with E-state index in [2.05, 4.69) is 0 Å². The van der Waals surface area contributed by atoms with Crippen LogP contribution in [0.15, 0.2) is 71.6 Å². The maximum Gasteiger partial charge on any atom is 0.306 e. The van der Waals surface area contributed by atoms with Gasteiger partial charge in [-0.25, -0.2) is 8.42 Å². The van der Waals surface area contributed by atoms with E-state index in [0.29, 0.717) is 17.6 Å². The molecule has 4 rings (SSSR count). The maximum atomic E-state index is 13.8. The van der Waals surface area contributed by atoms with Crippen LogP contribution >= 0.6 is 0 Å². The Labute approximate surface area is 188 Å². The predicted octanol–water partition coefficient (Wildman–Crippen LogP) is 3.55. The summed E-state index contributed by atoms with van der Waals surface area (Å²) in [6.45, 7) is 1.00. The highest BCUT2D eigenvalue weighted by Crippen LogP contribution is 2.28. The number of sulfonamides is 1. The molecular weight excluding hydrogens is 450 g/mol. The third-order valence-electron chi connectivity index (χ3n) is 5.33. The molecule has 170 valence electrons. The normalized spacial score (nSPS) is 17.1. The van der Waals surface area contributed by atoms with E-state index < -0.39 is 20.1 Å². The van der Waals surface area contributed by atoms with Gasteiger partial charge in [0.2, 0.25) is 10.0 Å². The lowest BCUT2D eigenvalue weighted by Crippen LogP contribution is -2.37. The Kier molecular flexibility index (Phi) is 6.52. The Morgan fingerprint density at radius 3 is 2.38 bits per heavy atom. The van der Waals surface area contributed by atoms with Crippen molar-refractivity contribution in [3.63, 3.8) is 0 Å². The van der Waals surface area contributed by atoms with Gasteiger partial charge in [-0.2, -0.15) is 12.7 Å². The van der Waals surface area contributed by atoms with Crippen LogP contribution in [0.3, 0.4) is 0 Å². The molecule has 0 spiro atoms. The van der Waals surface area contributed by atoms with Crippen LogP contribution in [0, 0.1) is 0 Å². The third-order valence-corrected chi connectivity index (χ3v) is 7.69. The number of benzene rings is 3. The summed E-state index contributed by atoms with van der Waals surface area (Å²) in [7, 11) is -7.46. The van der Waals surface area contributed by atoms with Crippen LogP contribution in [-0.2, 0) is 31.4 Å². The number of nitrogens with zero attached hydrogens (tertiary/aromatic N) is 1. The van der Waals surface area contributed by atoms with Crippen molar-refractivity contribution in [3.8, 4) is 5.75 Å². The molecule has 0 radical (unpaired) electrons. The minimum absolute atomic E-state index is 0.130. The summed E-state index contributed by atoms with van der Waals surface area (Å²) in [5, 5.41) is 1.53. The smallest absolute Gasteiger partial charge is 0.306 e. The monoisotopic (exact) mass is 475 g/mol. The molecular formula is C23H25NO6S2. The van der Waals surface area contributed by atoms with Gasteiger partial charge >= 0.3 is 10.1 Å². The molecule has 1 saturated heterocycles. The molecule has 0 amide bonds. The Balaban J connectivity index is 1.67. The fourth-order valence-electron chi connectivity index (χ4n) is 3.85. The molecule has 0 aromatic heterocycles. The molecule has 0 N–H and O–H groups in total. The van der Waals surface area contributed by atoms with Crippen LogP contribution in [0.1, 0.15) is 18.4 Å². The quantitative estimate of drug-likeness (QED) is 0.463. The number of hydrogen-bond acceptors (Lipinski definition) is 6. The zero-order valence-electron chi connectivity index (χ0n) is 17.7. The number of ether oxygens (including phenoxy) is 1. The molecule has 1 atom stereocenters. The van der Waals surface area contributed by atoms with Crippen molar-refractivity contribution in [2.75, 3.05) is 19.4 Å². The van der Waals surface area contributed by atoms with Gasteiger partial charge in [-0.1, -0.05) is 48.5 Å². The van der Waals surface area contributed by atoms with Crippen molar-refractivity contribution in [2.24, 2.45) is 0 Å². The molecule has 0 bridgehead atoms. The van der Waals surface area contributed by atoms with Gasteiger partial charge in [0.25, 0.3) is 0 Å². The van der Waals surface area contributed by atoms with E-state index in [1.807, 2.05) is 30.3 Å². The molecule has 3 aromatic carbocycles. The van der Waals surface area contributed by atoms with Crippen molar-refractivity contribution in [3.05, 3.63) is 72.3 Å². The first-order valence-electron chi connectivity index (χ1n) is 10.3.